The maximum absolute atomic E-state index is 12.8. The van der Waals surface area contributed by atoms with Gasteiger partial charge in [-0.05, 0) is 18.6 Å². The fraction of sp³-hybridized carbons (Fsp3) is 0.444. The Morgan fingerprint density at radius 3 is 2.88 bits per heavy atom. The molecule has 3 rings (SSSR count). The molecule has 0 radical (unpaired) electrons. The Bertz CT molecular complexity index is 832. The Kier molecular flexibility index (Phi) is 5.62. The van der Waals surface area contributed by atoms with Crippen molar-refractivity contribution in [3.05, 3.63) is 52.0 Å². The minimum Gasteiger partial charge on any atom is -0.485 e. The van der Waals surface area contributed by atoms with Crippen LogP contribution in [0.1, 0.15) is 28.7 Å². The third-order valence-electron chi connectivity index (χ3n) is 4.28. The highest BCUT2D eigenvalue weighted by atomic mass is 16.5. The van der Waals surface area contributed by atoms with Gasteiger partial charge in [-0.25, -0.2) is 4.98 Å². The van der Waals surface area contributed by atoms with Crippen LogP contribution in [0.2, 0.25) is 0 Å². The van der Waals surface area contributed by atoms with Crippen molar-refractivity contribution in [2.24, 2.45) is 0 Å². The van der Waals surface area contributed by atoms with Crippen molar-refractivity contribution in [1.29, 1.82) is 0 Å². The first-order valence-electron chi connectivity index (χ1n) is 8.58. The monoisotopic (exact) mass is 358 g/mol. The fourth-order valence-electron chi connectivity index (χ4n) is 2.74. The standard InChI is InChI=1S/C18H22N4O4/c1-3-14-5-4-13(10-19-14)17(23)21-7-9-26-16-15(11-21)20-12-22(18(16)24)6-8-25-2/h4-5,10,12H,3,6-9,11H2,1-2H3. The van der Waals surface area contributed by atoms with E-state index in [0.717, 1.165) is 12.1 Å². The van der Waals surface area contributed by atoms with Gasteiger partial charge in [0.25, 0.3) is 11.5 Å². The Hall–Kier alpha value is -2.74. The molecule has 26 heavy (non-hydrogen) atoms. The molecule has 8 nitrogen and oxygen atoms in total. The predicted molar refractivity (Wildman–Crippen MR) is 94.2 cm³/mol. The largest absolute Gasteiger partial charge is 0.485 e. The molecule has 0 spiro atoms. The van der Waals surface area contributed by atoms with Crippen LogP contribution in [0.25, 0.3) is 0 Å². The average molecular weight is 358 g/mol. The van der Waals surface area contributed by atoms with Gasteiger partial charge in [-0.1, -0.05) is 6.92 Å². The molecule has 0 saturated heterocycles. The number of hydrogen-bond acceptors (Lipinski definition) is 6. The van der Waals surface area contributed by atoms with E-state index in [1.54, 1.807) is 24.3 Å². The first-order chi connectivity index (χ1) is 12.6. The van der Waals surface area contributed by atoms with E-state index in [1.807, 2.05) is 13.0 Å². The van der Waals surface area contributed by atoms with Crippen molar-refractivity contribution < 1.29 is 14.3 Å². The lowest BCUT2D eigenvalue weighted by Crippen LogP contribution is -2.32. The molecule has 0 unspecified atom stereocenters. The van der Waals surface area contributed by atoms with Crippen LogP contribution in [0.15, 0.2) is 29.5 Å². The number of aromatic nitrogens is 3. The maximum Gasteiger partial charge on any atom is 0.296 e. The predicted octanol–water partition coefficient (Wildman–Crippen LogP) is 0.882. The number of nitrogens with zero attached hydrogens (tertiary/aromatic N) is 4. The van der Waals surface area contributed by atoms with Crippen molar-refractivity contribution in [3.8, 4) is 5.75 Å². The van der Waals surface area contributed by atoms with Gasteiger partial charge in [0.05, 0.1) is 38.1 Å². The lowest BCUT2D eigenvalue weighted by atomic mass is 10.2. The summed E-state index contributed by atoms with van der Waals surface area (Å²) in [5, 5.41) is 0. The van der Waals surface area contributed by atoms with E-state index in [-0.39, 0.29) is 30.4 Å². The summed E-state index contributed by atoms with van der Waals surface area (Å²) in [6.07, 6.45) is 3.87. The molecule has 2 aromatic heterocycles. The molecule has 0 atom stereocenters. The van der Waals surface area contributed by atoms with E-state index in [2.05, 4.69) is 9.97 Å². The summed E-state index contributed by atoms with van der Waals surface area (Å²) in [6, 6.07) is 3.62. The van der Waals surface area contributed by atoms with Crippen LogP contribution in [0.5, 0.6) is 5.75 Å². The van der Waals surface area contributed by atoms with Gasteiger partial charge in [0.2, 0.25) is 5.75 Å². The van der Waals surface area contributed by atoms with Gasteiger partial charge in [-0.2, -0.15) is 0 Å². The molecule has 3 heterocycles. The van der Waals surface area contributed by atoms with E-state index < -0.39 is 0 Å². The maximum atomic E-state index is 12.8. The fourth-order valence-corrected chi connectivity index (χ4v) is 2.74. The van der Waals surface area contributed by atoms with Gasteiger partial charge in [0, 0.05) is 19.0 Å². The number of ether oxygens (including phenoxy) is 2. The number of carbonyl (C=O) groups excluding carboxylic acids is 1. The highest BCUT2D eigenvalue weighted by Crippen LogP contribution is 2.18. The summed E-state index contributed by atoms with van der Waals surface area (Å²) in [5.74, 6) is 0.0559. The first-order valence-corrected chi connectivity index (χ1v) is 8.58. The normalized spacial score (nSPS) is 13.7. The third kappa shape index (κ3) is 3.75. The minimum absolute atomic E-state index is 0.151. The molecule has 2 aromatic rings. The molecule has 1 aliphatic heterocycles. The minimum atomic E-state index is -0.254. The van der Waals surface area contributed by atoms with Crippen LogP contribution >= 0.6 is 0 Å². The van der Waals surface area contributed by atoms with Crippen LogP contribution in [0, 0.1) is 0 Å². The molecule has 0 N–H and O–H groups in total. The summed E-state index contributed by atoms with van der Waals surface area (Å²) < 4.78 is 12.1. The molecule has 0 aromatic carbocycles. The van der Waals surface area contributed by atoms with Crippen LogP contribution in [0.4, 0.5) is 0 Å². The Morgan fingerprint density at radius 2 is 2.19 bits per heavy atom. The molecule has 138 valence electrons. The van der Waals surface area contributed by atoms with Crippen LogP contribution in [0.3, 0.4) is 0 Å². The quantitative estimate of drug-likeness (QED) is 0.789. The van der Waals surface area contributed by atoms with Crippen molar-refractivity contribution >= 4 is 5.91 Å². The number of methoxy groups -OCH3 is 1. The highest BCUT2D eigenvalue weighted by Gasteiger charge is 2.24. The molecule has 0 saturated carbocycles. The molecular weight excluding hydrogens is 336 g/mol. The second-order valence-corrected chi connectivity index (χ2v) is 5.98. The third-order valence-corrected chi connectivity index (χ3v) is 4.28. The Balaban J connectivity index is 1.82. The molecule has 1 aliphatic rings. The first kappa shape index (κ1) is 18.1. The second kappa shape index (κ2) is 8.09. The van der Waals surface area contributed by atoms with Crippen molar-refractivity contribution in [1.82, 2.24) is 19.4 Å². The molecule has 0 bridgehead atoms. The number of aryl methyl sites for hydroxylation is 1. The van der Waals surface area contributed by atoms with E-state index in [0.29, 0.717) is 31.0 Å². The van der Waals surface area contributed by atoms with E-state index in [1.165, 1.54) is 10.9 Å². The molecule has 0 fully saturated rings. The number of amides is 1. The number of carbonyl (C=O) groups is 1. The van der Waals surface area contributed by atoms with Crippen molar-refractivity contribution in [3.63, 3.8) is 0 Å². The van der Waals surface area contributed by atoms with Crippen LogP contribution in [-0.4, -0.2) is 52.2 Å². The zero-order chi connectivity index (χ0) is 18.5. The summed E-state index contributed by atoms with van der Waals surface area (Å²) in [4.78, 5) is 35.5. The lowest BCUT2D eigenvalue weighted by Gasteiger charge is -2.19. The van der Waals surface area contributed by atoms with Crippen molar-refractivity contribution in [2.45, 2.75) is 26.4 Å². The van der Waals surface area contributed by atoms with Gasteiger partial charge in [-0.15, -0.1) is 0 Å². The molecule has 8 heteroatoms. The van der Waals surface area contributed by atoms with Crippen LogP contribution in [-0.2, 0) is 24.2 Å². The Labute approximate surface area is 151 Å². The summed E-state index contributed by atoms with van der Waals surface area (Å²) in [6.45, 7) is 3.66. The summed E-state index contributed by atoms with van der Waals surface area (Å²) in [5.41, 5.74) is 1.66. The molecule has 0 aliphatic carbocycles. The van der Waals surface area contributed by atoms with Crippen molar-refractivity contribution in [2.75, 3.05) is 26.9 Å². The van der Waals surface area contributed by atoms with E-state index in [4.69, 9.17) is 9.47 Å². The Morgan fingerprint density at radius 1 is 1.35 bits per heavy atom. The zero-order valence-corrected chi connectivity index (χ0v) is 15.0. The second-order valence-electron chi connectivity index (χ2n) is 5.98. The zero-order valence-electron chi connectivity index (χ0n) is 15.0. The number of pyridine rings is 1. The van der Waals surface area contributed by atoms with Gasteiger partial charge >= 0.3 is 0 Å². The number of hydrogen-bond donors (Lipinski definition) is 0. The van der Waals surface area contributed by atoms with Gasteiger partial charge in [-0.3, -0.25) is 19.1 Å². The van der Waals surface area contributed by atoms with Gasteiger partial charge in [0.15, 0.2) is 0 Å². The topological polar surface area (TPSA) is 86.5 Å². The summed E-state index contributed by atoms with van der Waals surface area (Å²) in [7, 11) is 1.57. The number of fused-ring (bicyclic) bond motifs is 1. The van der Waals surface area contributed by atoms with E-state index >= 15 is 0 Å². The van der Waals surface area contributed by atoms with Gasteiger partial charge in [0.1, 0.15) is 12.3 Å². The smallest absolute Gasteiger partial charge is 0.296 e. The summed E-state index contributed by atoms with van der Waals surface area (Å²) >= 11 is 0. The molecular formula is C18H22N4O4. The highest BCUT2D eigenvalue weighted by molar-refractivity contribution is 5.93. The number of rotatable bonds is 5. The van der Waals surface area contributed by atoms with Crippen LogP contribution < -0.4 is 10.3 Å². The van der Waals surface area contributed by atoms with Gasteiger partial charge < -0.3 is 14.4 Å². The van der Waals surface area contributed by atoms with E-state index in [9.17, 15) is 9.59 Å². The SMILES string of the molecule is CCc1ccc(C(=O)N2CCOc3c(ncn(CCOC)c3=O)C2)cn1. The average Bonchev–Trinajstić information content (AvgIpc) is 2.90. The molecule has 1 amide bonds. The lowest BCUT2D eigenvalue weighted by molar-refractivity contribution is 0.0731.